The van der Waals surface area contributed by atoms with Crippen LogP contribution in [-0.2, 0) is 4.84 Å². The molecule has 17 heavy (non-hydrogen) atoms. The summed E-state index contributed by atoms with van der Waals surface area (Å²) in [5.74, 6) is 0.918. The third-order valence-corrected chi connectivity index (χ3v) is 3.88. The summed E-state index contributed by atoms with van der Waals surface area (Å²) in [7, 11) is 1.63. The summed E-state index contributed by atoms with van der Waals surface area (Å²) in [6, 6.07) is 4.16. The molecule has 5 heteroatoms. The summed E-state index contributed by atoms with van der Waals surface area (Å²) >= 11 is 7.03. The van der Waals surface area contributed by atoms with Crippen LogP contribution >= 0.6 is 31.9 Å². The van der Waals surface area contributed by atoms with Gasteiger partial charge in [0.05, 0.1) is 17.6 Å². The fourth-order valence-corrected chi connectivity index (χ4v) is 3.48. The molecule has 1 heterocycles. The van der Waals surface area contributed by atoms with Crippen molar-refractivity contribution in [2.45, 2.75) is 31.9 Å². The Hall–Kier alpha value is -0.100. The van der Waals surface area contributed by atoms with Gasteiger partial charge in [-0.25, -0.2) is 0 Å². The molecule has 1 aromatic rings. The number of rotatable bonds is 4. The van der Waals surface area contributed by atoms with Gasteiger partial charge in [-0.3, -0.25) is 0 Å². The lowest BCUT2D eigenvalue weighted by Gasteiger charge is -2.18. The van der Waals surface area contributed by atoms with E-state index in [2.05, 4.69) is 50.3 Å². The maximum atomic E-state index is 5.99. The summed E-state index contributed by atoms with van der Waals surface area (Å²) in [6.07, 6.45) is 2.21. The lowest BCUT2D eigenvalue weighted by atomic mass is 10.0. The van der Waals surface area contributed by atoms with Crippen LogP contribution in [0.4, 0.5) is 0 Å². The topological polar surface area (TPSA) is 30.5 Å². The first-order valence-electron chi connectivity index (χ1n) is 5.61. The number of nitrogens with one attached hydrogen (secondary N) is 1. The van der Waals surface area contributed by atoms with E-state index in [9.17, 15) is 0 Å². The van der Waals surface area contributed by atoms with E-state index < -0.39 is 0 Å². The maximum Gasteiger partial charge on any atom is 0.139 e. The molecule has 0 aromatic heterocycles. The van der Waals surface area contributed by atoms with E-state index in [0.29, 0.717) is 0 Å². The molecule has 0 aliphatic carbocycles. The Kier molecular flexibility index (Phi) is 4.47. The highest BCUT2D eigenvalue weighted by Crippen LogP contribution is 2.44. The Balaban J connectivity index is 2.35. The van der Waals surface area contributed by atoms with E-state index in [4.69, 9.17) is 9.57 Å². The van der Waals surface area contributed by atoms with Crippen molar-refractivity contribution in [1.82, 2.24) is 5.48 Å². The number of halogens is 2. The number of hydrogen-bond donors (Lipinski definition) is 1. The number of fused-ring (bicyclic) bond motifs is 1. The molecule has 0 bridgehead atoms. The molecular formula is C12H15Br2NO2. The lowest BCUT2D eigenvalue weighted by Crippen LogP contribution is -2.30. The largest absolute Gasteiger partial charge is 0.487 e. The fraction of sp³-hybridized carbons (Fsp3) is 0.500. The molecule has 94 valence electrons. The minimum Gasteiger partial charge on any atom is -0.487 e. The van der Waals surface area contributed by atoms with Crippen molar-refractivity contribution < 1.29 is 9.57 Å². The van der Waals surface area contributed by atoms with E-state index in [-0.39, 0.29) is 12.1 Å². The molecule has 0 saturated heterocycles. The van der Waals surface area contributed by atoms with Crippen molar-refractivity contribution in [3.05, 3.63) is 26.6 Å². The summed E-state index contributed by atoms with van der Waals surface area (Å²) in [6.45, 7) is 2.15. The summed E-state index contributed by atoms with van der Waals surface area (Å²) in [4.78, 5) is 5.08. The first kappa shape index (κ1) is 13.3. The molecule has 1 aliphatic rings. The van der Waals surface area contributed by atoms with Gasteiger partial charge in [-0.05, 0) is 34.5 Å². The zero-order valence-electron chi connectivity index (χ0n) is 9.80. The van der Waals surface area contributed by atoms with E-state index >= 15 is 0 Å². The van der Waals surface area contributed by atoms with Crippen molar-refractivity contribution in [1.29, 1.82) is 0 Å². The van der Waals surface area contributed by atoms with E-state index in [1.54, 1.807) is 7.11 Å². The summed E-state index contributed by atoms with van der Waals surface area (Å²) in [5.41, 5.74) is 4.15. The minimum atomic E-state index is 0.0868. The van der Waals surface area contributed by atoms with E-state index in [1.165, 1.54) is 0 Å². The maximum absolute atomic E-state index is 5.99. The zero-order chi connectivity index (χ0) is 12.4. The monoisotopic (exact) mass is 363 g/mol. The van der Waals surface area contributed by atoms with Crippen molar-refractivity contribution in [2.75, 3.05) is 7.11 Å². The smallest absolute Gasteiger partial charge is 0.139 e. The van der Waals surface area contributed by atoms with Gasteiger partial charge in [0.25, 0.3) is 0 Å². The van der Waals surface area contributed by atoms with Crippen LogP contribution in [0.25, 0.3) is 0 Å². The number of benzene rings is 1. The minimum absolute atomic E-state index is 0.0868. The van der Waals surface area contributed by atoms with Gasteiger partial charge < -0.3 is 9.57 Å². The van der Waals surface area contributed by atoms with E-state index in [1.807, 2.05) is 6.07 Å². The van der Waals surface area contributed by atoms with Gasteiger partial charge in [-0.1, -0.05) is 29.3 Å². The predicted octanol–water partition coefficient (Wildman–Crippen LogP) is 3.96. The highest BCUT2D eigenvalue weighted by molar-refractivity contribution is 9.11. The molecule has 0 amide bonds. The van der Waals surface area contributed by atoms with E-state index in [0.717, 1.165) is 33.1 Å². The molecule has 1 N–H and O–H groups in total. The third-order valence-electron chi connectivity index (χ3n) is 2.83. The van der Waals surface area contributed by atoms with Gasteiger partial charge in [0.15, 0.2) is 0 Å². The average Bonchev–Trinajstić information content (AvgIpc) is 2.59. The second-order valence-electron chi connectivity index (χ2n) is 4.05. The van der Waals surface area contributed by atoms with Crippen molar-refractivity contribution in [3.63, 3.8) is 0 Å². The Bertz CT molecular complexity index is 412. The Morgan fingerprint density at radius 3 is 2.82 bits per heavy atom. The molecule has 3 nitrogen and oxygen atoms in total. The molecule has 0 spiro atoms. The molecule has 2 rings (SSSR count). The van der Waals surface area contributed by atoms with Crippen molar-refractivity contribution >= 4 is 31.9 Å². The van der Waals surface area contributed by atoms with Gasteiger partial charge in [0, 0.05) is 10.0 Å². The standard InChI is InChI=1S/C12H15Br2NO2/c1-3-4-10-11(15-16-2)8-5-7(13)6-9(14)12(8)17-10/h5-6,10-11,15H,3-4H2,1-2H3. The van der Waals surface area contributed by atoms with Gasteiger partial charge in [0.2, 0.25) is 0 Å². The summed E-state index contributed by atoms with van der Waals surface area (Å²) in [5, 5.41) is 0. The Morgan fingerprint density at radius 2 is 2.18 bits per heavy atom. The Morgan fingerprint density at radius 1 is 1.41 bits per heavy atom. The van der Waals surface area contributed by atoms with Gasteiger partial charge in [0.1, 0.15) is 11.9 Å². The molecule has 1 aromatic carbocycles. The van der Waals surface area contributed by atoms with Crippen molar-refractivity contribution in [2.24, 2.45) is 0 Å². The predicted molar refractivity (Wildman–Crippen MR) is 74.1 cm³/mol. The number of hydroxylamine groups is 1. The first-order valence-corrected chi connectivity index (χ1v) is 7.20. The lowest BCUT2D eigenvalue weighted by molar-refractivity contribution is 0.0268. The van der Waals surface area contributed by atoms with Gasteiger partial charge in [-0.2, -0.15) is 5.48 Å². The molecule has 1 aliphatic heterocycles. The molecule has 2 unspecified atom stereocenters. The molecule has 0 radical (unpaired) electrons. The molecular weight excluding hydrogens is 350 g/mol. The first-order chi connectivity index (χ1) is 8.17. The second kappa shape index (κ2) is 5.69. The Labute approximate surface area is 118 Å². The quantitative estimate of drug-likeness (QED) is 0.820. The highest BCUT2D eigenvalue weighted by Gasteiger charge is 2.35. The number of hydrogen-bond acceptors (Lipinski definition) is 3. The average molecular weight is 365 g/mol. The normalized spacial score (nSPS) is 22.4. The van der Waals surface area contributed by atoms with Crippen LogP contribution in [-0.4, -0.2) is 13.2 Å². The zero-order valence-corrected chi connectivity index (χ0v) is 13.0. The molecule has 0 fully saturated rings. The number of ether oxygens (including phenoxy) is 1. The second-order valence-corrected chi connectivity index (χ2v) is 5.82. The van der Waals surface area contributed by atoms with Gasteiger partial charge >= 0.3 is 0 Å². The van der Waals surface area contributed by atoms with Crippen LogP contribution < -0.4 is 10.2 Å². The highest BCUT2D eigenvalue weighted by atomic mass is 79.9. The molecule has 2 atom stereocenters. The van der Waals surface area contributed by atoms with Crippen LogP contribution in [0.5, 0.6) is 5.75 Å². The van der Waals surface area contributed by atoms with Crippen LogP contribution in [0.3, 0.4) is 0 Å². The van der Waals surface area contributed by atoms with Crippen LogP contribution in [0.1, 0.15) is 31.4 Å². The summed E-state index contributed by atoms with van der Waals surface area (Å²) < 4.78 is 8.00. The van der Waals surface area contributed by atoms with Crippen LogP contribution in [0.15, 0.2) is 21.1 Å². The van der Waals surface area contributed by atoms with Crippen molar-refractivity contribution in [3.8, 4) is 5.75 Å². The SMILES string of the molecule is CCCC1Oc2c(Br)cc(Br)cc2C1NOC. The van der Waals surface area contributed by atoms with Crippen LogP contribution in [0, 0.1) is 0 Å². The molecule has 0 saturated carbocycles. The van der Waals surface area contributed by atoms with Crippen LogP contribution in [0.2, 0.25) is 0 Å². The third kappa shape index (κ3) is 2.67. The van der Waals surface area contributed by atoms with Gasteiger partial charge in [-0.15, -0.1) is 0 Å². The fourth-order valence-electron chi connectivity index (χ4n) is 2.13.